The molecule has 21 heavy (non-hydrogen) atoms. The van der Waals surface area contributed by atoms with Crippen LogP contribution in [0, 0.1) is 0 Å². The molecule has 1 atom stereocenters. The molecule has 1 aromatic heterocycles. The molecule has 2 heterocycles. The van der Waals surface area contributed by atoms with Crippen LogP contribution in [-0.2, 0) is 11.3 Å². The summed E-state index contributed by atoms with van der Waals surface area (Å²) < 4.78 is 0. The van der Waals surface area contributed by atoms with Crippen molar-refractivity contribution in [3.63, 3.8) is 0 Å². The average molecular weight is 293 g/mol. The highest BCUT2D eigenvalue weighted by Gasteiger charge is 2.18. The molecule has 116 valence electrons. The lowest BCUT2D eigenvalue weighted by atomic mass is 10.1. The zero-order valence-corrected chi connectivity index (χ0v) is 12.6. The van der Waals surface area contributed by atoms with Crippen LogP contribution in [0.25, 0.3) is 0 Å². The van der Waals surface area contributed by atoms with E-state index < -0.39 is 5.97 Å². The number of hydrogen-bond acceptors (Lipinski definition) is 6. The van der Waals surface area contributed by atoms with Gasteiger partial charge in [-0.3, -0.25) is 9.69 Å². The van der Waals surface area contributed by atoms with Gasteiger partial charge in [0.15, 0.2) is 0 Å². The Morgan fingerprint density at radius 2 is 2.24 bits per heavy atom. The Bertz CT molecular complexity index is 465. The van der Waals surface area contributed by atoms with Gasteiger partial charge < -0.3 is 15.3 Å². The van der Waals surface area contributed by atoms with E-state index in [2.05, 4.69) is 27.1 Å². The number of piperazine rings is 1. The van der Waals surface area contributed by atoms with E-state index in [0.29, 0.717) is 12.0 Å². The van der Waals surface area contributed by atoms with Gasteiger partial charge in [-0.25, -0.2) is 9.97 Å². The van der Waals surface area contributed by atoms with Gasteiger partial charge >= 0.3 is 5.97 Å². The number of nitrogens with one attached hydrogen (secondary N) is 1. The highest BCUT2D eigenvalue weighted by atomic mass is 16.4. The largest absolute Gasteiger partial charge is 0.480 e. The quantitative estimate of drug-likeness (QED) is 0.774. The Kier molecular flexibility index (Phi) is 5.46. The number of carboxylic acid groups (broad SMARTS) is 1. The smallest absolute Gasteiger partial charge is 0.323 e. The molecule has 1 aliphatic rings. The van der Waals surface area contributed by atoms with Crippen LogP contribution in [0.4, 0.5) is 5.95 Å². The van der Waals surface area contributed by atoms with Crippen LogP contribution >= 0.6 is 0 Å². The molecular formula is C14H23N5O2. The molecule has 7 heteroatoms. The number of aliphatic carboxylic acids is 1. The first kappa shape index (κ1) is 15.7. The van der Waals surface area contributed by atoms with E-state index in [4.69, 9.17) is 5.11 Å². The van der Waals surface area contributed by atoms with Crippen LogP contribution in [-0.4, -0.2) is 65.2 Å². The second kappa shape index (κ2) is 7.33. The van der Waals surface area contributed by atoms with Gasteiger partial charge in [-0.05, 0) is 6.42 Å². The van der Waals surface area contributed by atoms with Crippen molar-refractivity contribution < 1.29 is 9.90 Å². The molecule has 2 rings (SSSR count). The summed E-state index contributed by atoms with van der Waals surface area (Å²) in [6.07, 6.45) is 4.69. The van der Waals surface area contributed by atoms with Gasteiger partial charge in [0.1, 0.15) is 6.54 Å². The Balaban J connectivity index is 1.91. The van der Waals surface area contributed by atoms with E-state index in [9.17, 15) is 4.79 Å². The summed E-state index contributed by atoms with van der Waals surface area (Å²) >= 11 is 0. The van der Waals surface area contributed by atoms with Crippen molar-refractivity contribution in [2.24, 2.45) is 0 Å². The minimum absolute atomic E-state index is 0.102. The topological polar surface area (TPSA) is 81.6 Å². The van der Waals surface area contributed by atoms with Crippen LogP contribution in [0.2, 0.25) is 0 Å². The summed E-state index contributed by atoms with van der Waals surface area (Å²) in [6, 6.07) is 0.556. The molecule has 0 unspecified atom stereocenters. The third-order valence-electron chi connectivity index (χ3n) is 3.64. The number of likely N-dealkylation sites (N-methyl/N-ethyl adjacent to an activating group) is 1. The zero-order valence-electron chi connectivity index (χ0n) is 12.6. The summed E-state index contributed by atoms with van der Waals surface area (Å²) in [5, 5.41) is 12.2. The summed E-state index contributed by atoms with van der Waals surface area (Å²) in [6.45, 7) is 6.00. The van der Waals surface area contributed by atoms with Gasteiger partial charge in [0.05, 0.1) is 0 Å². The summed E-state index contributed by atoms with van der Waals surface area (Å²) in [4.78, 5) is 23.1. The molecule has 0 saturated carbocycles. The summed E-state index contributed by atoms with van der Waals surface area (Å²) in [7, 11) is 1.67. The molecule has 1 fully saturated rings. The number of aromatic nitrogens is 2. The number of nitrogens with zero attached hydrogens (tertiary/aromatic N) is 4. The maximum Gasteiger partial charge on any atom is 0.323 e. The van der Waals surface area contributed by atoms with Crippen molar-refractivity contribution in [2.75, 3.05) is 38.1 Å². The van der Waals surface area contributed by atoms with E-state index >= 15 is 0 Å². The molecule has 0 bridgehead atoms. The molecule has 0 aliphatic carbocycles. The number of anilines is 1. The molecule has 0 radical (unpaired) electrons. The average Bonchev–Trinajstić information content (AvgIpc) is 2.47. The monoisotopic (exact) mass is 293 g/mol. The Hall–Kier alpha value is -1.73. The highest BCUT2D eigenvalue weighted by molar-refractivity contribution is 5.72. The second-order valence-corrected chi connectivity index (χ2v) is 5.44. The molecule has 0 amide bonds. The van der Waals surface area contributed by atoms with Crippen molar-refractivity contribution >= 4 is 11.9 Å². The first-order chi connectivity index (χ1) is 10.1. The van der Waals surface area contributed by atoms with E-state index in [1.165, 1.54) is 4.90 Å². The Labute approximate surface area is 125 Å². The summed E-state index contributed by atoms with van der Waals surface area (Å²) in [5.41, 5.74) is 1.05. The van der Waals surface area contributed by atoms with Crippen molar-refractivity contribution in [3.05, 3.63) is 18.0 Å². The fourth-order valence-corrected chi connectivity index (χ4v) is 2.47. The second-order valence-electron chi connectivity index (χ2n) is 5.44. The zero-order chi connectivity index (χ0) is 15.2. The minimum Gasteiger partial charge on any atom is -0.480 e. The van der Waals surface area contributed by atoms with Gasteiger partial charge in [0.2, 0.25) is 5.95 Å². The first-order valence-electron chi connectivity index (χ1n) is 7.28. The van der Waals surface area contributed by atoms with E-state index in [0.717, 1.165) is 38.2 Å². The highest BCUT2D eigenvalue weighted by Crippen LogP contribution is 2.10. The van der Waals surface area contributed by atoms with Gasteiger partial charge in [0, 0.05) is 57.2 Å². The third-order valence-corrected chi connectivity index (χ3v) is 3.64. The third kappa shape index (κ3) is 4.64. The molecule has 1 saturated heterocycles. The van der Waals surface area contributed by atoms with Crippen molar-refractivity contribution in [1.82, 2.24) is 20.2 Å². The minimum atomic E-state index is -0.892. The SMILES string of the molecule is CC[C@@H]1CN(Cc2cnc(N(C)CC(=O)O)nc2)CCN1. The molecule has 2 N–H and O–H groups in total. The predicted octanol–water partition coefficient (Wildman–Crippen LogP) is 0.181. The molecule has 1 aliphatic heterocycles. The molecule has 0 spiro atoms. The van der Waals surface area contributed by atoms with Gasteiger partial charge in [-0.2, -0.15) is 0 Å². The standard InChI is InChI=1S/C14H23N5O2/c1-3-12-9-19(5-4-15-12)8-11-6-16-14(17-7-11)18(2)10-13(20)21/h6-7,12,15H,3-5,8-10H2,1-2H3,(H,20,21)/t12-/m1/s1. The van der Waals surface area contributed by atoms with Crippen LogP contribution in [0.3, 0.4) is 0 Å². The number of rotatable bonds is 6. The lowest BCUT2D eigenvalue weighted by Gasteiger charge is -2.33. The van der Waals surface area contributed by atoms with Crippen molar-refractivity contribution in [1.29, 1.82) is 0 Å². The number of hydrogen-bond donors (Lipinski definition) is 2. The van der Waals surface area contributed by atoms with Crippen molar-refractivity contribution in [2.45, 2.75) is 25.9 Å². The summed E-state index contributed by atoms with van der Waals surface area (Å²) in [5.74, 6) is -0.454. The first-order valence-corrected chi connectivity index (χ1v) is 7.28. The van der Waals surface area contributed by atoms with E-state index in [-0.39, 0.29) is 6.54 Å². The molecule has 7 nitrogen and oxygen atoms in total. The number of carboxylic acids is 1. The van der Waals surface area contributed by atoms with E-state index in [1.807, 2.05) is 0 Å². The Morgan fingerprint density at radius 3 is 2.86 bits per heavy atom. The fraction of sp³-hybridized carbons (Fsp3) is 0.643. The molecular weight excluding hydrogens is 270 g/mol. The van der Waals surface area contributed by atoms with Crippen LogP contribution in [0.1, 0.15) is 18.9 Å². The van der Waals surface area contributed by atoms with Crippen LogP contribution in [0.5, 0.6) is 0 Å². The van der Waals surface area contributed by atoms with Crippen LogP contribution in [0.15, 0.2) is 12.4 Å². The maximum atomic E-state index is 10.7. The predicted molar refractivity (Wildman–Crippen MR) is 80.3 cm³/mol. The van der Waals surface area contributed by atoms with Gasteiger partial charge in [-0.1, -0.05) is 6.92 Å². The van der Waals surface area contributed by atoms with E-state index in [1.54, 1.807) is 19.4 Å². The van der Waals surface area contributed by atoms with Crippen LogP contribution < -0.4 is 10.2 Å². The number of carbonyl (C=O) groups is 1. The van der Waals surface area contributed by atoms with Gasteiger partial charge in [-0.15, -0.1) is 0 Å². The molecule has 0 aromatic carbocycles. The maximum absolute atomic E-state index is 10.7. The lowest BCUT2D eigenvalue weighted by molar-refractivity contribution is -0.135. The fourth-order valence-electron chi connectivity index (χ4n) is 2.47. The van der Waals surface area contributed by atoms with Gasteiger partial charge in [0.25, 0.3) is 0 Å². The van der Waals surface area contributed by atoms with Crippen molar-refractivity contribution in [3.8, 4) is 0 Å². The molecule has 1 aromatic rings. The lowest BCUT2D eigenvalue weighted by Crippen LogP contribution is -2.49. The Morgan fingerprint density at radius 1 is 1.52 bits per heavy atom. The normalized spacial score (nSPS) is 19.4.